The Morgan fingerprint density at radius 3 is 1.33 bits per heavy atom. The third kappa shape index (κ3) is 16.7. The third-order valence-electron chi connectivity index (χ3n) is 20.5. The molecule has 0 radical (unpaired) electrons. The van der Waals surface area contributed by atoms with Crippen LogP contribution in [-0.4, -0.2) is 209 Å². The molecule has 8 saturated heterocycles. The zero-order valence-electron chi connectivity index (χ0n) is 60.8. The van der Waals surface area contributed by atoms with Crippen molar-refractivity contribution in [2.75, 3.05) is 62.2 Å². The van der Waals surface area contributed by atoms with E-state index in [1.165, 1.54) is 54.0 Å². The predicted molar refractivity (Wildman–Crippen MR) is 371 cm³/mol. The maximum atomic E-state index is 14.4. The number of aromatic nitrogens is 4. The quantitative estimate of drug-likeness (QED) is 0.119. The molecule has 4 bridgehead atoms. The average Bonchev–Trinajstić information content (AvgIpc) is 0.752. The molecule has 0 unspecified atom stereocenters. The molecular weight excluding hydrogens is 1300 g/mol. The normalized spacial score (nSPS) is 22.6. The Bertz CT molecular complexity index is 3720. The molecule has 14 rings (SSSR count). The Labute approximate surface area is 590 Å². The lowest BCUT2D eigenvalue weighted by Gasteiger charge is -2.55. The molecule has 2 aromatic heterocycles. The molecule has 10 fully saturated rings. The van der Waals surface area contributed by atoms with Crippen LogP contribution in [0.1, 0.15) is 182 Å². The highest BCUT2D eigenvalue weighted by molar-refractivity contribution is 5.99. The number of piperidine rings is 6. The number of anilines is 2. The van der Waals surface area contributed by atoms with Gasteiger partial charge < -0.3 is 53.9 Å². The maximum absolute atomic E-state index is 14.4. The Kier molecular flexibility index (Phi) is 22.4. The van der Waals surface area contributed by atoms with Crippen LogP contribution in [0.25, 0.3) is 0 Å². The van der Waals surface area contributed by atoms with Crippen LogP contribution in [0.2, 0.25) is 0 Å². The monoisotopic (exact) mass is 1400 g/mol. The number of amides is 5. The number of likely N-dealkylation sites (tertiary alicyclic amines) is 1. The zero-order valence-corrected chi connectivity index (χ0v) is 60.8. The molecule has 10 aliphatic rings. The van der Waals surface area contributed by atoms with Gasteiger partial charge in [0, 0.05) is 111 Å². The number of ether oxygens (including phenoxy) is 4. The van der Waals surface area contributed by atoms with E-state index in [0.717, 1.165) is 51.9 Å². The zero-order chi connectivity index (χ0) is 73.4. The summed E-state index contributed by atoms with van der Waals surface area (Å²) in [6.45, 7) is 32.4. The lowest BCUT2D eigenvalue weighted by atomic mass is 9.71. The van der Waals surface area contributed by atoms with Gasteiger partial charge in [0.25, 0.3) is 11.8 Å². The van der Waals surface area contributed by atoms with Gasteiger partial charge in [-0.15, -0.1) is 0 Å². The molecule has 2 N–H and O–H groups in total. The van der Waals surface area contributed by atoms with E-state index in [0.29, 0.717) is 86.2 Å². The Morgan fingerprint density at radius 2 is 0.950 bits per heavy atom. The molecule has 6 atom stereocenters. The molecule has 5 amide bonds. The Hall–Kier alpha value is -8.62. The van der Waals surface area contributed by atoms with Crippen molar-refractivity contribution >= 4 is 59.1 Å². The van der Waals surface area contributed by atoms with Gasteiger partial charge in [-0.3, -0.25) is 33.8 Å². The highest BCUT2D eigenvalue weighted by Gasteiger charge is 2.56. The maximum Gasteiger partial charge on any atom is 0.411 e. The molecule has 10 heterocycles. The number of nitrogens with one attached hydrogen (secondary N) is 1. The number of halogens is 2. The first-order valence-electron chi connectivity index (χ1n) is 35.6. The van der Waals surface area contributed by atoms with Crippen molar-refractivity contribution in [3.05, 3.63) is 84.2 Å². The molecule has 2 aliphatic carbocycles. The van der Waals surface area contributed by atoms with Crippen LogP contribution >= 0.6 is 0 Å². The molecule has 2 saturated carbocycles. The van der Waals surface area contributed by atoms with Crippen LogP contribution in [0, 0.1) is 34.3 Å². The smallest absolute Gasteiger partial charge is 0.411 e. The molecule has 2 spiro atoms. The van der Waals surface area contributed by atoms with Crippen molar-refractivity contribution in [3.8, 4) is 23.0 Å². The van der Waals surface area contributed by atoms with Crippen molar-refractivity contribution in [1.29, 1.82) is 0 Å². The van der Waals surface area contributed by atoms with Crippen molar-refractivity contribution in [3.63, 3.8) is 0 Å². The van der Waals surface area contributed by atoms with E-state index < -0.39 is 64.9 Å². The minimum atomic E-state index is -1.13. The Morgan fingerprint density at radius 1 is 0.564 bits per heavy atom. The van der Waals surface area contributed by atoms with Gasteiger partial charge in [-0.1, -0.05) is 0 Å². The van der Waals surface area contributed by atoms with Crippen LogP contribution in [0.4, 0.5) is 30.0 Å². The van der Waals surface area contributed by atoms with Crippen molar-refractivity contribution in [1.82, 2.24) is 49.8 Å². The van der Waals surface area contributed by atoms with Gasteiger partial charge in [-0.2, -0.15) is 0 Å². The number of nitrogens with zero attached hydrogens (tertiary/aromatic N) is 11. The first-order valence-corrected chi connectivity index (χ1v) is 35.6. The number of carboxylic acids is 1. The number of ketones is 2. The summed E-state index contributed by atoms with van der Waals surface area (Å²) in [7, 11) is 0. The van der Waals surface area contributed by atoms with E-state index in [-0.39, 0.29) is 101 Å². The van der Waals surface area contributed by atoms with Crippen LogP contribution in [0.5, 0.6) is 23.0 Å². The number of hydrogen-bond acceptors (Lipinski definition) is 19. The fraction of sp³-hybridized carbons (Fsp3) is 0.622. The largest absolute Gasteiger partial charge is 0.480 e. The summed E-state index contributed by atoms with van der Waals surface area (Å²) < 4.78 is 51.9. The van der Waals surface area contributed by atoms with Crippen LogP contribution in [0.15, 0.2) is 61.4 Å². The van der Waals surface area contributed by atoms with Crippen molar-refractivity contribution in [2.45, 2.75) is 221 Å². The van der Waals surface area contributed by atoms with E-state index >= 15 is 0 Å². The van der Waals surface area contributed by atoms with Gasteiger partial charge in [0.1, 0.15) is 70.6 Å². The standard InChI is InChI=1S/C37H49FN6O6.C24H32FN5O2.C13H19NO5/c1-22(2)43(23(3)4)33(46)27-16-24(38)8-11-29(27)49-30-18-39-21-40-32(30)42-19-37(20-42)12-14-41(15-13-37)34(47)31-26-10-9-25(17-28(26)45)44(31)35(48)50-36(5,6)7;1-16(2)30(17(3)4)23(31)19-11-18(25)5-6-20(19)32-21-12-27-15-28-22(21)29-13-24(14-29)7-9-26-10-8-24;1-13(2,3)19-12(18)14-7-4-5-8(9(15)6-7)10(14)11(16)17/h8,11,16,18,21-23,25-26,31H,9-10,12-15,17,19-20H2,1-7H3;5-6,11-12,15-17,26H,7-10,13-14H2,1-4H3;7-8,10H,4-6H2,1-3H3,(H,16,17)/t25-,26+,31-;;7-,8+,10-/m0.0/s1. The summed E-state index contributed by atoms with van der Waals surface area (Å²) in [4.78, 5) is 132. The average molecular weight is 1400 g/mol. The fourth-order valence-electron chi connectivity index (χ4n) is 16.0. The summed E-state index contributed by atoms with van der Waals surface area (Å²) in [6, 6.07) is 5.16. The van der Waals surface area contributed by atoms with Gasteiger partial charge in [-0.05, 0) is 198 Å². The number of carboxylic acid groups (broad SMARTS) is 1. The van der Waals surface area contributed by atoms with Gasteiger partial charge in [0.05, 0.1) is 23.5 Å². The third-order valence-corrected chi connectivity index (χ3v) is 20.5. The lowest BCUT2D eigenvalue weighted by Crippen LogP contribution is -2.67. The molecule has 2 aromatic carbocycles. The molecule has 4 aromatic rings. The second-order valence-electron chi connectivity index (χ2n) is 31.5. The number of benzene rings is 2. The molecule has 27 heteroatoms. The van der Waals surface area contributed by atoms with Crippen LogP contribution < -0.4 is 24.6 Å². The first kappa shape index (κ1) is 75.1. The van der Waals surface area contributed by atoms with Gasteiger partial charge in [0.2, 0.25) is 5.91 Å². The summed E-state index contributed by atoms with van der Waals surface area (Å²) in [5, 5.41) is 12.7. The summed E-state index contributed by atoms with van der Waals surface area (Å²) in [5.74, 6) is -1.37. The van der Waals surface area contributed by atoms with Crippen molar-refractivity contribution in [2.24, 2.45) is 22.7 Å². The minimum absolute atomic E-state index is 0.0310. The molecule has 101 heavy (non-hydrogen) atoms. The first-order chi connectivity index (χ1) is 47.6. The van der Waals surface area contributed by atoms with Gasteiger partial charge in [-0.25, -0.2) is 43.1 Å². The second kappa shape index (κ2) is 30.1. The van der Waals surface area contributed by atoms with Crippen LogP contribution in [-0.2, 0) is 28.7 Å². The number of fused-ring (bicyclic) bond motifs is 6. The topological polar surface area (TPSA) is 280 Å². The molecule has 8 aliphatic heterocycles. The van der Waals surface area contributed by atoms with Gasteiger partial charge in [0.15, 0.2) is 23.1 Å². The minimum Gasteiger partial charge on any atom is -0.480 e. The summed E-state index contributed by atoms with van der Waals surface area (Å²) in [5.41, 5.74) is -0.787. The summed E-state index contributed by atoms with van der Waals surface area (Å²) >= 11 is 0. The van der Waals surface area contributed by atoms with E-state index in [1.54, 1.807) is 68.6 Å². The number of rotatable bonds is 14. The van der Waals surface area contributed by atoms with Crippen molar-refractivity contribution < 1.29 is 71.2 Å². The number of aliphatic carboxylic acids is 1. The fourth-order valence-corrected chi connectivity index (χ4v) is 16.0. The highest BCUT2D eigenvalue weighted by atomic mass is 19.1. The number of Topliss-reactive ketones (excluding diaryl/α,β-unsaturated/α-hetero) is 2. The summed E-state index contributed by atoms with van der Waals surface area (Å²) in [6.07, 6.45) is 11.8. The van der Waals surface area contributed by atoms with Crippen LogP contribution in [0.3, 0.4) is 0 Å². The molecule has 548 valence electrons. The predicted octanol–water partition coefficient (Wildman–Crippen LogP) is 10.7. The van der Waals surface area contributed by atoms with Gasteiger partial charge >= 0.3 is 18.2 Å². The number of carbonyl (C=O) groups excluding carboxylic acids is 7. The molecular formula is C74H100F2N12O13. The SMILES string of the molecule is CC(C)(C)OC(=O)N1[C@H]2CC[C@H](C(=O)C2)[C@H]1C(=O)O.CC(C)N(C(=O)c1cc(F)ccc1Oc1cncnc1N1CC2(CCN(C(=O)[C@@H]3[C@@H]4CC[C@@H](CC4=O)N3C(=O)OC(C)(C)C)CC2)C1)C(C)C.CC(C)N(C(=O)c1cc(F)ccc1Oc1cncnc1N1CC2(CCNCC2)C1)C(C)C. The lowest BCUT2D eigenvalue weighted by molar-refractivity contribution is -0.158. The van der Waals surface area contributed by atoms with E-state index in [2.05, 4.69) is 35.1 Å². The van der Waals surface area contributed by atoms with E-state index in [4.69, 9.17) is 18.9 Å². The number of carbonyl (C=O) groups is 8. The van der Waals surface area contributed by atoms with E-state index in [9.17, 15) is 52.2 Å². The highest BCUT2D eigenvalue weighted by Crippen LogP contribution is 2.48. The molecule has 25 nitrogen and oxygen atoms in total. The Balaban J connectivity index is 0.000000183. The number of hydrogen-bond donors (Lipinski definition) is 2. The second-order valence-corrected chi connectivity index (χ2v) is 31.5. The van der Waals surface area contributed by atoms with E-state index in [1.807, 2.05) is 60.3 Å².